The highest BCUT2D eigenvalue weighted by Gasteiger charge is 2.40. The maximum absolute atomic E-state index is 14.6. The van der Waals surface area contributed by atoms with E-state index >= 15 is 0 Å². The minimum atomic E-state index is -0.779. The van der Waals surface area contributed by atoms with Gasteiger partial charge in [-0.15, -0.1) is 0 Å². The highest BCUT2D eigenvalue weighted by atomic mass is 79.9. The van der Waals surface area contributed by atoms with Gasteiger partial charge in [-0.3, -0.25) is 14.9 Å². The number of imide groups is 2. The molecule has 9 heteroatoms. The molecule has 1 fully saturated rings. The van der Waals surface area contributed by atoms with Crippen LogP contribution in [0.1, 0.15) is 70.5 Å². The maximum Gasteiger partial charge on any atom is 0.335 e. The van der Waals surface area contributed by atoms with Crippen LogP contribution in [-0.4, -0.2) is 37.5 Å². The summed E-state index contributed by atoms with van der Waals surface area (Å²) in [5, 5.41) is 4.71. The second-order valence-electron chi connectivity index (χ2n) is 15.1. The third-order valence-electron chi connectivity index (χ3n) is 11.6. The molecule has 6 aromatic carbocycles. The third-order valence-corrected chi connectivity index (χ3v) is 12.2. The number of barbiturate groups is 1. The SMILES string of the molecule is CCOc1cc(/C=C2\C(=O)NC(=O)N(c3cc4c5c(c3)[C@H](c3ccccc3)CCN5CC[C@H]4c3ccccc3)C2=O)cc(Br)c1OCc1c(C)ccc2ccccc12. The van der Waals surface area contributed by atoms with Gasteiger partial charge >= 0.3 is 6.03 Å². The Balaban J connectivity index is 1.09. The summed E-state index contributed by atoms with van der Waals surface area (Å²) >= 11 is 3.69. The fourth-order valence-corrected chi connectivity index (χ4v) is 9.46. The first kappa shape index (κ1) is 37.4. The van der Waals surface area contributed by atoms with Crippen molar-refractivity contribution in [1.29, 1.82) is 0 Å². The summed E-state index contributed by atoms with van der Waals surface area (Å²) in [6.07, 6.45) is 3.31. The Hall–Kier alpha value is -6.19. The number of nitrogens with zero attached hydrogens (tertiary/aromatic N) is 2. The first-order valence-electron chi connectivity index (χ1n) is 19.8. The molecule has 1 N–H and O–H groups in total. The number of urea groups is 1. The number of hydrogen-bond donors (Lipinski definition) is 1. The average Bonchev–Trinajstić information content (AvgIpc) is 3.23. The lowest BCUT2D eigenvalue weighted by atomic mass is 9.76. The molecule has 0 radical (unpaired) electrons. The van der Waals surface area contributed by atoms with Crippen molar-refractivity contribution >= 4 is 62.0 Å². The van der Waals surface area contributed by atoms with Crippen molar-refractivity contribution in [1.82, 2.24) is 5.32 Å². The number of hydrogen-bond acceptors (Lipinski definition) is 6. The van der Waals surface area contributed by atoms with Crippen LogP contribution in [0.25, 0.3) is 16.8 Å². The number of rotatable bonds is 9. The fraction of sp³-hybridized carbons (Fsp3) is 0.204. The molecule has 0 spiro atoms. The number of benzene rings is 6. The van der Waals surface area contributed by atoms with E-state index in [1.165, 1.54) is 22.9 Å². The number of carbonyl (C=O) groups excluding carboxylic acids is 3. The largest absolute Gasteiger partial charge is 0.490 e. The number of aryl methyl sites for hydroxylation is 1. The van der Waals surface area contributed by atoms with Crippen LogP contribution in [0.15, 0.2) is 131 Å². The minimum Gasteiger partial charge on any atom is -0.490 e. The van der Waals surface area contributed by atoms with Crippen LogP contribution >= 0.6 is 15.9 Å². The topological polar surface area (TPSA) is 88.2 Å². The van der Waals surface area contributed by atoms with Gasteiger partial charge in [-0.05, 0) is 117 Å². The maximum atomic E-state index is 14.6. The zero-order valence-electron chi connectivity index (χ0n) is 32.3. The minimum absolute atomic E-state index is 0.0693. The molecule has 0 aliphatic carbocycles. The molecule has 3 aliphatic heterocycles. The molecule has 3 aliphatic rings. The second-order valence-corrected chi connectivity index (χ2v) is 15.9. The standard InChI is InChI=1S/C49H42BrN3O5/c1-3-57-44-26-31(25-43(50)46(44)58-29-42-30(2)18-19-34-16-10-11-17-36(34)42)24-41-47(54)51-49(56)53(48(41)55)35-27-39-37(32-12-6-4-7-13-32)20-22-52-23-21-38(40(28-35)45(39)52)33-14-8-5-9-15-33/h4-19,24-28,37-38H,3,20-23,29H2,1-2H3,(H,51,54,56)/b41-24+/t37-,38-/m0/s1. The van der Waals surface area contributed by atoms with Crippen molar-refractivity contribution in [2.24, 2.45) is 0 Å². The van der Waals surface area contributed by atoms with Crippen LogP contribution in [0.3, 0.4) is 0 Å². The van der Waals surface area contributed by atoms with Crippen molar-refractivity contribution in [2.45, 2.75) is 45.1 Å². The van der Waals surface area contributed by atoms with Crippen molar-refractivity contribution in [3.8, 4) is 11.5 Å². The Morgan fingerprint density at radius 3 is 2.07 bits per heavy atom. The normalized spacial score (nSPS) is 18.3. The molecule has 58 heavy (non-hydrogen) atoms. The summed E-state index contributed by atoms with van der Waals surface area (Å²) in [4.78, 5) is 45.4. The summed E-state index contributed by atoms with van der Waals surface area (Å²) in [6.45, 7) is 6.45. The molecule has 290 valence electrons. The molecule has 0 saturated carbocycles. The molecule has 4 amide bonds. The van der Waals surface area contributed by atoms with E-state index in [9.17, 15) is 14.4 Å². The van der Waals surface area contributed by atoms with Crippen molar-refractivity contribution < 1.29 is 23.9 Å². The van der Waals surface area contributed by atoms with Crippen LogP contribution in [0, 0.1) is 6.92 Å². The first-order chi connectivity index (χ1) is 28.3. The summed E-state index contributed by atoms with van der Waals surface area (Å²) in [7, 11) is 0. The number of anilines is 2. The van der Waals surface area contributed by atoms with Gasteiger partial charge < -0.3 is 14.4 Å². The summed E-state index contributed by atoms with van der Waals surface area (Å²) in [5.41, 5.74) is 8.68. The molecule has 3 heterocycles. The Labute approximate surface area is 346 Å². The Morgan fingerprint density at radius 2 is 1.41 bits per heavy atom. The predicted molar refractivity (Wildman–Crippen MR) is 232 cm³/mol. The van der Waals surface area contributed by atoms with E-state index in [0.717, 1.165) is 63.9 Å². The van der Waals surface area contributed by atoms with Crippen molar-refractivity contribution in [2.75, 3.05) is 29.5 Å². The number of carbonyl (C=O) groups is 3. The van der Waals surface area contributed by atoms with Gasteiger partial charge in [-0.25, -0.2) is 9.69 Å². The van der Waals surface area contributed by atoms with Crippen LogP contribution in [0.2, 0.25) is 0 Å². The van der Waals surface area contributed by atoms with Gasteiger partial charge in [0.05, 0.1) is 16.8 Å². The van der Waals surface area contributed by atoms with E-state index in [1.54, 1.807) is 12.1 Å². The lowest BCUT2D eigenvalue weighted by Gasteiger charge is -2.44. The second kappa shape index (κ2) is 15.6. The van der Waals surface area contributed by atoms with E-state index in [-0.39, 0.29) is 17.4 Å². The first-order valence-corrected chi connectivity index (χ1v) is 20.6. The van der Waals surface area contributed by atoms with Gasteiger partial charge in [0.25, 0.3) is 11.8 Å². The number of amides is 4. The third kappa shape index (κ3) is 6.83. The molecular weight excluding hydrogens is 790 g/mol. The highest BCUT2D eigenvalue weighted by Crippen LogP contribution is 2.50. The van der Waals surface area contributed by atoms with Crippen LogP contribution in [0.4, 0.5) is 16.2 Å². The molecule has 6 aromatic rings. The van der Waals surface area contributed by atoms with Gasteiger partial charge in [0.15, 0.2) is 11.5 Å². The Kier molecular flexibility index (Phi) is 10.1. The Morgan fingerprint density at radius 1 is 0.776 bits per heavy atom. The number of halogens is 1. The smallest absolute Gasteiger partial charge is 0.335 e. The van der Waals surface area contributed by atoms with Gasteiger partial charge in [-0.2, -0.15) is 0 Å². The van der Waals surface area contributed by atoms with E-state index in [1.807, 2.05) is 43.3 Å². The van der Waals surface area contributed by atoms with Crippen LogP contribution in [0.5, 0.6) is 11.5 Å². The molecule has 2 atom stereocenters. The van der Waals surface area contributed by atoms with Gasteiger partial charge in [0.1, 0.15) is 12.2 Å². The molecule has 0 aromatic heterocycles. The molecule has 9 rings (SSSR count). The number of fused-ring (bicyclic) bond motifs is 1. The zero-order chi connectivity index (χ0) is 39.9. The molecule has 8 nitrogen and oxygen atoms in total. The predicted octanol–water partition coefficient (Wildman–Crippen LogP) is 10.4. The lowest BCUT2D eigenvalue weighted by Crippen LogP contribution is -2.54. The lowest BCUT2D eigenvalue weighted by molar-refractivity contribution is -0.122. The zero-order valence-corrected chi connectivity index (χ0v) is 33.9. The highest BCUT2D eigenvalue weighted by molar-refractivity contribution is 9.10. The van der Waals surface area contributed by atoms with Gasteiger partial charge in [0, 0.05) is 36.2 Å². The van der Waals surface area contributed by atoms with Crippen molar-refractivity contribution in [3.63, 3.8) is 0 Å². The van der Waals surface area contributed by atoms with Gasteiger partial charge in [0.2, 0.25) is 0 Å². The average molecular weight is 833 g/mol. The fourth-order valence-electron chi connectivity index (χ4n) is 8.88. The summed E-state index contributed by atoms with van der Waals surface area (Å²) in [6, 6.07) is 39.9. The van der Waals surface area contributed by atoms with Crippen LogP contribution < -0.4 is 24.6 Å². The molecule has 1 saturated heterocycles. The van der Waals surface area contributed by atoms with Crippen LogP contribution in [-0.2, 0) is 16.2 Å². The molecule has 0 unspecified atom stereocenters. The number of nitrogens with one attached hydrogen (secondary N) is 1. The van der Waals surface area contributed by atoms with E-state index in [2.05, 4.69) is 106 Å². The quantitative estimate of drug-likeness (QED) is 0.115. The van der Waals surface area contributed by atoms with Crippen molar-refractivity contribution in [3.05, 3.63) is 170 Å². The summed E-state index contributed by atoms with van der Waals surface area (Å²) < 4.78 is 13.1. The van der Waals surface area contributed by atoms with Gasteiger partial charge in [-0.1, -0.05) is 97.1 Å². The molecular formula is C49H42BrN3O5. The van der Waals surface area contributed by atoms with E-state index in [0.29, 0.717) is 40.4 Å². The van der Waals surface area contributed by atoms with E-state index in [4.69, 9.17) is 9.47 Å². The van der Waals surface area contributed by atoms with E-state index < -0.39 is 17.8 Å². The molecule has 0 bridgehead atoms. The monoisotopic (exact) mass is 831 g/mol. The Bertz CT molecular complexity index is 2550. The summed E-state index contributed by atoms with van der Waals surface area (Å²) in [5.74, 6) is -0.361. The number of ether oxygens (including phenoxy) is 2.